The first-order valence-electron chi connectivity index (χ1n) is 13.6. The number of carbonyl (C=O) groups is 2. The third kappa shape index (κ3) is 2.84. The van der Waals surface area contributed by atoms with Crippen molar-refractivity contribution in [1.29, 1.82) is 0 Å². The van der Waals surface area contributed by atoms with Crippen molar-refractivity contribution in [3.8, 4) is 0 Å². The van der Waals surface area contributed by atoms with Crippen LogP contribution in [-0.4, -0.2) is 23.2 Å². The summed E-state index contributed by atoms with van der Waals surface area (Å²) in [6, 6.07) is 0. The number of carbonyl (C=O) groups excluding carboxylic acids is 3. The highest BCUT2D eigenvalue weighted by Crippen LogP contribution is 2.74. The molecule has 4 fully saturated rings. The number of rotatable bonds is 1. The largest absolute Gasteiger partial charge is 0.299 e. The third-order valence-electron chi connectivity index (χ3n) is 12.4. The highest BCUT2D eigenvalue weighted by Gasteiger charge is 2.70. The van der Waals surface area contributed by atoms with E-state index in [2.05, 4.69) is 53.5 Å². The molecule has 5 rings (SSSR count). The number of hydrogen-bond acceptors (Lipinski definition) is 4. The Bertz CT molecular complexity index is 1030. The summed E-state index contributed by atoms with van der Waals surface area (Å²) in [5, 5.41) is 0. The van der Waals surface area contributed by atoms with Crippen molar-refractivity contribution in [1.82, 2.24) is 0 Å². The minimum atomic E-state index is -0.431. The standard InChI is InChI=1S/C30H43NO3/c1-25(2)12-14-30(31-18-32)15-13-29(7)24(19(30)17-25)20(33)16-22-27(5)10-9-23(34)26(3,4)21(27)8-11-28(22,29)6/h16,19,21,24H,8-15,17H2,1-7H3/t19-,21-,24-,27-,28+,29+,30-/m0/s1. The maximum absolute atomic E-state index is 14.2. The normalized spacial score (nSPS) is 48.9. The number of Topliss-reactive ketones (excluding diaryl/α,β-unsaturated/α-hetero) is 1. The summed E-state index contributed by atoms with van der Waals surface area (Å²) in [7, 11) is 0. The summed E-state index contributed by atoms with van der Waals surface area (Å²) in [4.78, 5) is 43.1. The second kappa shape index (κ2) is 7.02. The summed E-state index contributed by atoms with van der Waals surface area (Å²) >= 11 is 0. The van der Waals surface area contributed by atoms with Gasteiger partial charge in [0.15, 0.2) is 5.78 Å². The monoisotopic (exact) mass is 465 g/mol. The molecule has 0 aromatic rings. The Morgan fingerprint density at radius 2 is 1.59 bits per heavy atom. The Morgan fingerprint density at radius 1 is 0.912 bits per heavy atom. The Balaban J connectivity index is 1.66. The SMILES string of the molecule is CC1(C)CC[C@]2(N=C=O)CC[C@]3(C)[C@H](C(=O)C=C4[C@@]5(C)CCC(=O)C(C)(C)[C@@H]5CC[C@]43C)[C@@H]2C1. The van der Waals surface area contributed by atoms with Crippen LogP contribution in [0.2, 0.25) is 0 Å². The molecule has 0 aromatic carbocycles. The number of fused-ring (bicyclic) bond motifs is 7. The van der Waals surface area contributed by atoms with Gasteiger partial charge in [-0.25, -0.2) is 4.79 Å². The topological polar surface area (TPSA) is 63.6 Å². The number of nitrogens with zero attached hydrogens (tertiary/aromatic N) is 1. The van der Waals surface area contributed by atoms with Crippen LogP contribution in [-0.2, 0) is 14.4 Å². The zero-order chi connectivity index (χ0) is 24.9. The van der Waals surface area contributed by atoms with Crippen molar-refractivity contribution in [3.63, 3.8) is 0 Å². The molecule has 5 aliphatic carbocycles. The van der Waals surface area contributed by atoms with Gasteiger partial charge in [-0.2, -0.15) is 4.99 Å². The van der Waals surface area contributed by atoms with Gasteiger partial charge in [0.1, 0.15) is 5.78 Å². The Morgan fingerprint density at radius 3 is 2.26 bits per heavy atom. The predicted molar refractivity (Wildman–Crippen MR) is 133 cm³/mol. The number of hydrogen-bond donors (Lipinski definition) is 0. The van der Waals surface area contributed by atoms with Crippen molar-refractivity contribution in [2.24, 2.45) is 49.8 Å². The van der Waals surface area contributed by atoms with E-state index in [1.807, 2.05) is 12.2 Å². The van der Waals surface area contributed by atoms with Gasteiger partial charge in [0.05, 0.1) is 5.54 Å². The van der Waals surface area contributed by atoms with E-state index in [0.29, 0.717) is 12.2 Å². The number of isocyanates is 1. The van der Waals surface area contributed by atoms with Crippen LogP contribution in [0.3, 0.4) is 0 Å². The van der Waals surface area contributed by atoms with E-state index < -0.39 is 5.54 Å². The number of aliphatic imine (C=N–C) groups is 1. The zero-order valence-electron chi connectivity index (χ0n) is 22.3. The minimum Gasteiger partial charge on any atom is -0.299 e. The highest BCUT2D eigenvalue weighted by molar-refractivity contribution is 5.96. The number of ketones is 2. The molecule has 0 heterocycles. The molecule has 0 saturated heterocycles. The van der Waals surface area contributed by atoms with Gasteiger partial charge >= 0.3 is 0 Å². The first-order valence-corrected chi connectivity index (χ1v) is 13.6. The quantitative estimate of drug-likeness (QED) is 0.323. The van der Waals surface area contributed by atoms with Crippen LogP contribution in [0.25, 0.3) is 0 Å². The fourth-order valence-corrected chi connectivity index (χ4v) is 10.1. The van der Waals surface area contributed by atoms with E-state index in [1.165, 1.54) is 5.57 Å². The lowest BCUT2D eigenvalue weighted by Crippen LogP contribution is -2.66. The first-order chi connectivity index (χ1) is 15.7. The highest BCUT2D eigenvalue weighted by atomic mass is 16.1. The van der Waals surface area contributed by atoms with Crippen molar-refractivity contribution < 1.29 is 14.4 Å². The summed E-state index contributed by atoms with van der Waals surface area (Å²) in [5.41, 5.74) is 0.341. The summed E-state index contributed by atoms with van der Waals surface area (Å²) in [6.45, 7) is 16.0. The molecule has 0 spiro atoms. The molecule has 186 valence electrons. The summed E-state index contributed by atoms with van der Waals surface area (Å²) in [6.07, 6.45) is 12.1. The maximum Gasteiger partial charge on any atom is 0.235 e. The molecule has 7 atom stereocenters. The van der Waals surface area contributed by atoms with E-state index in [-0.39, 0.29) is 50.6 Å². The molecule has 0 aliphatic heterocycles. The Labute approximate surface area is 205 Å². The molecule has 0 amide bonds. The molecule has 4 saturated carbocycles. The Hall–Kier alpha value is -1.54. The Kier molecular flexibility index (Phi) is 4.99. The zero-order valence-corrected chi connectivity index (χ0v) is 22.3. The summed E-state index contributed by atoms with van der Waals surface area (Å²) in [5.74, 6) is 0.895. The van der Waals surface area contributed by atoms with Crippen LogP contribution in [0.4, 0.5) is 0 Å². The smallest absolute Gasteiger partial charge is 0.235 e. The second-order valence-electron chi connectivity index (χ2n) is 14.6. The molecule has 4 heteroatoms. The third-order valence-corrected chi connectivity index (χ3v) is 12.4. The van der Waals surface area contributed by atoms with Gasteiger partial charge in [-0.15, -0.1) is 0 Å². The van der Waals surface area contributed by atoms with Crippen molar-refractivity contribution in [2.75, 3.05) is 0 Å². The molecule has 0 bridgehead atoms. The lowest BCUT2D eigenvalue weighted by atomic mass is 9.34. The fraction of sp³-hybridized carbons (Fsp3) is 0.833. The van der Waals surface area contributed by atoms with Gasteiger partial charge in [0, 0.05) is 17.8 Å². The summed E-state index contributed by atoms with van der Waals surface area (Å²) < 4.78 is 0. The minimum absolute atomic E-state index is 0.0774. The molecule has 0 N–H and O–H groups in total. The van der Waals surface area contributed by atoms with Gasteiger partial charge in [0.25, 0.3) is 0 Å². The van der Waals surface area contributed by atoms with Gasteiger partial charge in [-0.3, -0.25) is 9.59 Å². The lowest BCUT2D eigenvalue weighted by molar-refractivity contribution is -0.163. The van der Waals surface area contributed by atoms with Gasteiger partial charge in [-0.1, -0.05) is 54.0 Å². The van der Waals surface area contributed by atoms with Crippen molar-refractivity contribution in [2.45, 2.75) is 112 Å². The molecule has 0 radical (unpaired) electrons. The molecule has 5 aliphatic rings. The van der Waals surface area contributed by atoms with Gasteiger partial charge in [-0.05, 0) is 90.9 Å². The average Bonchev–Trinajstić information content (AvgIpc) is 2.74. The average molecular weight is 466 g/mol. The predicted octanol–water partition coefficient (Wildman–Crippen LogP) is 6.62. The van der Waals surface area contributed by atoms with E-state index in [4.69, 9.17) is 0 Å². The van der Waals surface area contributed by atoms with Gasteiger partial charge < -0.3 is 0 Å². The van der Waals surface area contributed by atoms with Gasteiger partial charge in [0.2, 0.25) is 6.08 Å². The molecular weight excluding hydrogens is 422 g/mol. The maximum atomic E-state index is 14.2. The van der Waals surface area contributed by atoms with E-state index >= 15 is 0 Å². The molecule has 0 unspecified atom stereocenters. The first kappa shape index (κ1) is 24.2. The number of allylic oxidation sites excluding steroid dienone is 2. The van der Waals surface area contributed by atoms with Crippen molar-refractivity contribution in [3.05, 3.63) is 11.6 Å². The molecule has 4 nitrogen and oxygen atoms in total. The molecular formula is C30H43NO3. The van der Waals surface area contributed by atoms with Crippen LogP contribution in [0.5, 0.6) is 0 Å². The fourth-order valence-electron chi connectivity index (χ4n) is 10.1. The molecule has 34 heavy (non-hydrogen) atoms. The van der Waals surface area contributed by atoms with Crippen LogP contribution in [0.15, 0.2) is 16.6 Å². The van der Waals surface area contributed by atoms with E-state index in [9.17, 15) is 14.4 Å². The lowest BCUT2D eigenvalue weighted by Gasteiger charge is -2.69. The van der Waals surface area contributed by atoms with Crippen LogP contribution in [0.1, 0.15) is 106 Å². The van der Waals surface area contributed by atoms with E-state index in [0.717, 1.165) is 51.4 Å². The second-order valence-corrected chi connectivity index (χ2v) is 14.6. The molecule has 0 aromatic heterocycles. The van der Waals surface area contributed by atoms with Crippen LogP contribution in [0, 0.1) is 44.8 Å². The van der Waals surface area contributed by atoms with E-state index in [1.54, 1.807) is 0 Å². The van der Waals surface area contributed by atoms with Crippen LogP contribution >= 0.6 is 0 Å². The van der Waals surface area contributed by atoms with Crippen LogP contribution < -0.4 is 0 Å². The van der Waals surface area contributed by atoms with Crippen molar-refractivity contribution >= 4 is 17.6 Å².